The summed E-state index contributed by atoms with van der Waals surface area (Å²) < 4.78 is 18.9. The van der Waals surface area contributed by atoms with Crippen LogP contribution >= 0.6 is 0 Å². The molecule has 0 aliphatic carbocycles. The van der Waals surface area contributed by atoms with Crippen LogP contribution in [0, 0.1) is 0 Å². The SMILES string of the molecule is c1cc2c(c(C3CN(c4ccc5nnnn5n4)CCO3)c1)OCCO2. The third-order valence-corrected chi connectivity index (χ3v) is 4.39. The average Bonchev–Trinajstić information content (AvgIpc) is 3.15. The Morgan fingerprint density at radius 1 is 1.04 bits per heavy atom. The van der Waals surface area contributed by atoms with Gasteiger partial charge in [-0.05, 0) is 28.6 Å². The Labute approximate surface area is 143 Å². The second-order valence-corrected chi connectivity index (χ2v) is 5.89. The van der Waals surface area contributed by atoms with Crippen LogP contribution in [0.4, 0.5) is 5.82 Å². The lowest BCUT2D eigenvalue weighted by Crippen LogP contribution is -2.39. The normalized spacial score (nSPS) is 20.0. The summed E-state index contributed by atoms with van der Waals surface area (Å²) in [6.45, 7) is 3.15. The number of morpholine rings is 1. The molecule has 1 saturated heterocycles. The molecule has 3 aromatic rings. The number of hydrogen-bond donors (Lipinski definition) is 0. The van der Waals surface area contributed by atoms with Crippen molar-refractivity contribution in [3.63, 3.8) is 0 Å². The molecule has 9 nitrogen and oxygen atoms in total. The van der Waals surface area contributed by atoms with Crippen LogP contribution in [0.1, 0.15) is 11.7 Å². The maximum atomic E-state index is 6.00. The molecule has 0 bridgehead atoms. The number of ether oxygens (including phenoxy) is 3. The highest BCUT2D eigenvalue weighted by atomic mass is 16.6. The van der Waals surface area contributed by atoms with Gasteiger partial charge in [0.25, 0.3) is 0 Å². The van der Waals surface area contributed by atoms with Crippen LogP contribution < -0.4 is 14.4 Å². The van der Waals surface area contributed by atoms with E-state index in [1.807, 2.05) is 30.3 Å². The van der Waals surface area contributed by atoms with Gasteiger partial charge in [-0.2, -0.15) is 0 Å². The van der Waals surface area contributed by atoms with Crippen LogP contribution in [0.15, 0.2) is 30.3 Å². The molecule has 1 atom stereocenters. The Kier molecular flexibility index (Phi) is 3.37. The van der Waals surface area contributed by atoms with Crippen molar-refractivity contribution in [2.45, 2.75) is 6.10 Å². The van der Waals surface area contributed by atoms with Crippen LogP contribution in [0.2, 0.25) is 0 Å². The Bertz CT molecular complexity index is 914. The maximum absolute atomic E-state index is 6.00. The summed E-state index contributed by atoms with van der Waals surface area (Å²) in [5.41, 5.74) is 1.63. The van der Waals surface area contributed by atoms with E-state index in [1.165, 1.54) is 4.63 Å². The van der Waals surface area contributed by atoms with Gasteiger partial charge in [-0.3, -0.25) is 0 Å². The van der Waals surface area contributed by atoms with Crippen LogP contribution in [-0.4, -0.2) is 58.2 Å². The van der Waals surface area contributed by atoms with E-state index in [9.17, 15) is 0 Å². The molecule has 5 rings (SSSR count). The van der Waals surface area contributed by atoms with E-state index in [-0.39, 0.29) is 6.10 Å². The fraction of sp³-hybridized carbons (Fsp3) is 0.375. The fourth-order valence-electron chi connectivity index (χ4n) is 3.20. The molecule has 0 amide bonds. The largest absolute Gasteiger partial charge is 0.486 e. The summed E-state index contributed by atoms with van der Waals surface area (Å²) in [5, 5.41) is 15.8. The van der Waals surface area contributed by atoms with Crippen molar-refractivity contribution >= 4 is 11.5 Å². The topological polar surface area (TPSA) is 86.9 Å². The zero-order chi connectivity index (χ0) is 16.6. The van der Waals surface area contributed by atoms with Gasteiger partial charge in [-0.25, -0.2) is 0 Å². The predicted molar refractivity (Wildman–Crippen MR) is 86.9 cm³/mol. The number of para-hydroxylation sites is 1. The standard InChI is InChI=1S/C16H16N6O3/c1-2-11(16-12(3-1)24-8-9-25-16)13-10-21(6-7-23-13)15-5-4-14-17-19-20-22(14)18-15/h1-5,13H,6-10H2. The zero-order valence-electron chi connectivity index (χ0n) is 13.4. The number of benzene rings is 1. The number of aromatic nitrogens is 5. The highest BCUT2D eigenvalue weighted by Gasteiger charge is 2.28. The number of fused-ring (bicyclic) bond motifs is 2. The van der Waals surface area contributed by atoms with Gasteiger partial charge in [0.05, 0.1) is 13.2 Å². The number of tetrazole rings is 1. The monoisotopic (exact) mass is 340 g/mol. The van der Waals surface area contributed by atoms with Crippen molar-refractivity contribution in [3.8, 4) is 11.5 Å². The molecule has 9 heteroatoms. The first-order valence-electron chi connectivity index (χ1n) is 8.19. The molecular weight excluding hydrogens is 324 g/mol. The molecule has 0 radical (unpaired) electrons. The van der Waals surface area contributed by atoms with E-state index in [4.69, 9.17) is 14.2 Å². The van der Waals surface area contributed by atoms with E-state index in [0.29, 0.717) is 32.0 Å². The zero-order valence-corrected chi connectivity index (χ0v) is 13.4. The van der Waals surface area contributed by atoms with Gasteiger partial charge in [0.15, 0.2) is 23.0 Å². The van der Waals surface area contributed by atoms with Gasteiger partial charge in [-0.1, -0.05) is 12.1 Å². The highest BCUT2D eigenvalue weighted by molar-refractivity contribution is 5.50. The number of anilines is 1. The second-order valence-electron chi connectivity index (χ2n) is 5.89. The van der Waals surface area contributed by atoms with Crippen LogP contribution in [0.25, 0.3) is 5.65 Å². The minimum absolute atomic E-state index is 0.114. The highest BCUT2D eigenvalue weighted by Crippen LogP contribution is 2.39. The van der Waals surface area contributed by atoms with Gasteiger partial charge in [0.2, 0.25) is 0 Å². The molecule has 4 heterocycles. The van der Waals surface area contributed by atoms with E-state index in [0.717, 1.165) is 29.4 Å². The number of hydrogen-bond acceptors (Lipinski definition) is 8. The molecule has 0 spiro atoms. The van der Waals surface area contributed by atoms with Gasteiger partial charge in [0, 0.05) is 12.1 Å². The van der Waals surface area contributed by atoms with E-state index in [1.54, 1.807) is 0 Å². The molecule has 128 valence electrons. The second kappa shape index (κ2) is 5.85. The average molecular weight is 340 g/mol. The molecule has 1 unspecified atom stereocenters. The van der Waals surface area contributed by atoms with E-state index in [2.05, 4.69) is 25.5 Å². The summed E-state index contributed by atoms with van der Waals surface area (Å²) in [7, 11) is 0. The van der Waals surface area contributed by atoms with Gasteiger partial charge in [-0.15, -0.1) is 14.8 Å². The molecule has 1 fully saturated rings. The molecule has 2 aromatic heterocycles. The van der Waals surface area contributed by atoms with E-state index >= 15 is 0 Å². The van der Waals surface area contributed by atoms with Gasteiger partial charge < -0.3 is 19.1 Å². The summed E-state index contributed by atoms with van der Waals surface area (Å²) in [6.07, 6.45) is -0.114. The van der Waals surface area contributed by atoms with Gasteiger partial charge in [0.1, 0.15) is 19.3 Å². The Morgan fingerprint density at radius 2 is 2.00 bits per heavy atom. The molecule has 1 aromatic carbocycles. The number of rotatable bonds is 2. The minimum Gasteiger partial charge on any atom is -0.486 e. The summed E-state index contributed by atoms with van der Waals surface area (Å²) >= 11 is 0. The molecule has 0 N–H and O–H groups in total. The van der Waals surface area contributed by atoms with Crippen molar-refractivity contribution in [1.29, 1.82) is 0 Å². The Morgan fingerprint density at radius 3 is 3.00 bits per heavy atom. The first kappa shape index (κ1) is 14.4. The lowest BCUT2D eigenvalue weighted by atomic mass is 10.1. The van der Waals surface area contributed by atoms with Crippen molar-refractivity contribution in [3.05, 3.63) is 35.9 Å². The lowest BCUT2D eigenvalue weighted by molar-refractivity contribution is 0.0358. The maximum Gasteiger partial charge on any atom is 0.200 e. The third-order valence-electron chi connectivity index (χ3n) is 4.39. The fourth-order valence-corrected chi connectivity index (χ4v) is 3.20. The molecule has 2 aliphatic rings. The van der Waals surface area contributed by atoms with Crippen LogP contribution in [0.3, 0.4) is 0 Å². The van der Waals surface area contributed by atoms with E-state index < -0.39 is 0 Å². The predicted octanol–water partition coefficient (Wildman–Crippen LogP) is 0.868. The van der Waals surface area contributed by atoms with Crippen molar-refractivity contribution in [2.24, 2.45) is 0 Å². The summed E-state index contributed by atoms with van der Waals surface area (Å²) in [6, 6.07) is 9.70. The summed E-state index contributed by atoms with van der Waals surface area (Å²) in [4.78, 5) is 2.17. The first-order valence-corrected chi connectivity index (χ1v) is 8.19. The molecule has 0 saturated carbocycles. The number of nitrogens with zero attached hydrogens (tertiary/aromatic N) is 6. The smallest absolute Gasteiger partial charge is 0.200 e. The third kappa shape index (κ3) is 2.52. The van der Waals surface area contributed by atoms with Gasteiger partial charge >= 0.3 is 0 Å². The lowest BCUT2D eigenvalue weighted by Gasteiger charge is -2.35. The molecular formula is C16H16N6O3. The molecule has 25 heavy (non-hydrogen) atoms. The Hall–Kier alpha value is -2.94. The van der Waals surface area contributed by atoms with Crippen LogP contribution in [0.5, 0.6) is 11.5 Å². The molecule has 2 aliphatic heterocycles. The van der Waals surface area contributed by atoms with Crippen LogP contribution in [-0.2, 0) is 4.74 Å². The van der Waals surface area contributed by atoms with Crippen molar-refractivity contribution in [1.82, 2.24) is 25.3 Å². The Balaban J connectivity index is 1.44. The minimum atomic E-state index is -0.114. The quantitative estimate of drug-likeness (QED) is 0.679. The summed E-state index contributed by atoms with van der Waals surface area (Å²) in [5.74, 6) is 2.37. The van der Waals surface area contributed by atoms with Crippen molar-refractivity contribution in [2.75, 3.05) is 37.8 Å². The van der Waals surface area contributed by atoms with Crippen molar-refractivity contribution < 1.29 is 14.2 Å². The first-order chi connectivity index (χ1) is 12.4.